The Balaban J connectivity index is 2.13. The quantitative estimate of drug-likeness (QED) is 0.717. The van der Waals surface area contributed by atoms with Crippen LogP contribution in [0.3, 0.4) is 0 Å². The number of halogens is 1. The molecule has 0 aliphatic rings. The molecule has 0 bridgehead atoms. The zero-order valence-corrected chi connectivity index (χ0v) is 9.16. The van der Waals surface area contributed by atoms with Crippen molar-refractivity contribution >= 4 is 23.5 Å². The minimum absolute atomic E-state index is 0.111. The molecule has 3 amide bonds. The molecule has 88 valence electrons. The first kappa shape index (κ1) is 12.4. The average molecular weight is 247 g/mol. The van der Waals surface area contributed by atoms with Gasteiger partial charge in [-0.15, -0.1) is 11.6 Å². The van der Waals surface area contributed by atoms with Crippen LogP contribution < -0.4 is 10.6 Å². The third-order valence-corrected chi connectivity index (χ3v) is 1.80. The maximum absolute atomic E-state index is 11.1. The van der Waals surface area contributed by atoms with E-state index in [4.69, 9.17) is 11.6 Å². The standard InChI is InChI=1S/C8H11ClN4O3/c9-3-1-7(14)12-8(15)10-4-2-6-11-5-16-13-6/h5H,1-4H2,(H2,10,12,14,15). The van der Waals surface area contributed by atoms with Crippen LogP contribution in [0.15, 0.2) is 10.9 Å². The summed E-state index contributed by atoms with van der Waals surface area (Å²) in [4.78, 5) is 25.8. The lowest BCUT2D eigenvalue weighted by Crippen LogP contribution is -2.40. The van der Waals surface area contributed by atoms with Gasteiger partial charge in [0.15, 0.2) is 5.82 Å². The number of amides is 3. The number of urea groups is 1. The molecule has 0 fully saturated rings. The molecule has 0 aliphatic carbocycles. The van der Waals surface area contributed by atoms with Gasteiger partial charge in [-0.05, 0) is 0 Å². The summed E-state index contributed by atoms with van der Waals surface area (Å²) in [5.41, 5.74) is 0. The molecule has 16 heavy (non-hydrogen) atoms. The van der Waals surface area contributed by atoms with Crippen molar-refractivity contribution < 1.29 is 14.1 Å². The van der Waals surface area contributed by atoms with Gasteiger partial charge in [-0.25, -0.2) is 4.79 Å². The zero-order chi connectivity index (χ0) is 11.8. The predicted octanol–water partition coefficient (Wildman–Crippen LogP) is 0.0668. The Kier molecular flexibility index (Phi) is 5.27. The summed E-state index contributed by atoms with van der Waals surface area (Å²) in [6, 6.07) is -0.557. The highest BCUT2D eigenvalue weighted by Crippen LogP contribution is 1.88. The first-order chi connectivity index (χ1) is 7.72. The van der Waals surface area contributed by atoms with Crippen LogP contribution in [-0.4, -0.2) is 34.5 Å². The number of imide groups is 1. The highest BCUT2D eigenvalue weighted by atomic mass is 35.5. The fourth-order valence-electron chi connectivity index (χ4n) is 0.910. The molecule has 0 saturated carbocycles. The van der Waals surface area contributed by atoms with E-state index in [1.54, 1.807) is 0 Å². The third-order valence-electron chi connectivity index (χ3n) is 1.62. The number of nitrogens with one attached hydrogen (secondary N) is 2. The lowest BCUT2D eigenvalue weighted by Gasteiger charge is -2.04. The summed E-state index contributed by atoms with van der Waals surface area (Å²) < 4.78 is 4.51. The molecule has 0 unspecified atom stereocenters. The Morgan fingerprint density at radius 1 is 1.50 bits per heavy atom. The van der Waals surface area contributed by atoms with Crippen LogP contribution in [-0.2, 0) is 11.2 Å². The molecule has 1 aromatic heterocycles. The molecule has 0 aromatic carbocycles. The van der Waals surface area contributed by atoms with Gasteiger partial charge in [0.25, 0.3) is 0 Å². The monoisotopic (exact) mass is 246 g/mol. The number of rotatable bonds is 5. The second-order valence-electron chi connectivity index (χ2n) is 2.84. The first-order valence-corrected chi connectivity index (χ1v) is 5.14. The number of carbonyl (C=O) groups excluding carboxylic acids is 2. The topological polar surface area (TPSA) is 97.1 Å². The van der Waals surface area contributed by atoms with Crippen LogP contribution in [0.4, 0.5) is 4.79 Å². The van der Waals surface area contributed by atoms with Crippen LogP contribution in [0, 0.1) is 0 Å². The van der Waals surface area contributed by atoms with E-state index < -0.39 is 11.9 Å². The minimum atomic E-state index is -0.557. The molecule has 1 heterocycles. The molecule has 0 saturated heterocycles. The lowest BCUT2D eigenvalue weighted by atomic mass is 10.4. The molecule has 7 nitrogen and oxygen atoms in total. The van der Waals surface area contributed by atoms with E-state index in [1.165, 1.54) is 6.39 Å². The summed E-state index contributed by atoms with van der Waals surface area (Å²) in [5, 5.41) is 8.16. The summed E-state index contributed by atoms with van der Waals surface area (Å²) in [6.07, 6.45) is 1.76. The van der Waals surface area contributed by atoms with E-state index in [1.807, 2.05) is 0 Å². The maximum atomic E-state index is 11.1. The van der Waals surface area contributed by atoms with Gasteiger partial charge in [0.05, 0.1) is 0 Å². The fourth-order valence-corrected chi connectivity index (χ4v) is 1.08. The summed E-state index contributed by atoms with van der Waals surface area (Å²) in [6.45, 7) is 0.319. The number of aromatic nitrogens is 2. The number of nitrogens with zero attached hydrogens (tertiary/aromatic N) is 2. The van der Waals surface area contributed by atoms with E-state index in [9.17, 15) is 9.59 Å². The lowest BCUT2D eigenvalue weighted by molar-refractivity contribution is -0.119. The molecule has 2 N–H and O–H groups in total. The molecule has 8 heteroatoms. The van der Waals surface area contributed by atoms with Gasteiger partial charge in [0.2, 0.25) is 12.3 Å². The zero-order valence-electron chi connectivity index (χ0n) is 8.40. The van der Waals surface area contributed by atoms with Gasteiger partial charge >= 0.3 is 6.03 Å². The van der Waals surface area contributed by atoms with Crippen molar-refractivity contribution in [3.8, 4) is 0 Å². The van der Waals surface area contributed by atoms with Gasteiger partial charge in [0.1, 0.15) is 0 Å². The Bertz CT molecular complexity index is 341. The van der Waals surface area contributed by atoms with Crippen LogP contribution in [0.2, 0.25) is 0 Å². The maximum Gasteiger partial charge on any atom is 0.321 e. The van der Waals surface area contributed by atoms with Crippen molar-refractivity contribution in [1.82, 2.24) is 20.8 Å². The molecule has 0 aliphatic heterocycles. The molecular weight excluding hydrogens is 236 g/mol. The van der Waals surface area contributed by atoms with Crippen LogP contribution >= 0.6 is 11.6 Å². The van der Waals surface area contributed by atoms with Gasteiger partial charge < -0.3 is 9.84 Å². The van der Waals surface area contributed by atoms with Gasteiger partial charge in [-0.1, -0.05) is 5.16 Å². The normalized spacial score (nSPS) is 9.81. The summed E-state index contributed by atoms with van der Waals surface area (Å²) in [5.74, 6) is 0.265. The van der Waals surface area contributed by atoms with Crippen molar-refractivity contribution in [1.29, 1.82) is 0 Å². The van der Waals surface area contributed by atoms with Crippen LogP contribution in [0.25, 0.3) is 0 Å². The molecule has 0 spiro atoms. The van der Waals surface area contributed by atoms with E-state index in [0.717, 1.165) is 0 Å². The van der Waals surface area contributed by atoms with Gasteiger partial charge in [0, 0.05) is 25.3 Å². The highest BCUT2D eigenvalue weighted by Gasteiger charge is 2.06. The summed E-state index contributed by atoms with van der Waals surface area (Å²) in [7, 11) is 0. The van der Waals surface area contributed by atoms with Gasteiger partial charge in [-0.2, -0.15) is 4.98 Å². The predicted molar refractivity (Wildman–Crippen MR) is 54.9 cm³/mol. The second kappa shape index (κ2) is 6.78. The minimum Gasteiger partial charge on any atom is -0.343 e. The highest BCUT2D eigenvalue weighted by molar-refractivity contribution is 6.19. The molecular formula is C8H11ClN4O3. The SMILES string of the molecule is O=C(CCCl)NC(=O)NCCc1ncon1. The van der Waals surface area contributed by atoms with Crippen molar-refractivity contribution in [3.63, 3.8) is 0 Å². The van der Waals surface area contributed by atoms with E-state index in [0.29, 0.717) is 18.8 Å². The molecule has 0 atom stereocenters. The summed E-state index contributed by atoms with van der Waals surface area (Å²) >= 11 is 5.33. The van der Waals surface area contributed by atoms with Crippen LogP contribution in [0.5, 0.6) is 0 Å². The smallest absolute Gasteiger partial charge is 0.321 e. The molecule has 0 radical (unpaired) electrons. The number of hydrogen-bond donors (Lipinski definition) is 2. The van der Waals surface area contributed by atoms with Crippen molar-refractivity contribution in [2.45, 2.75) is 12.8 Å². The largest absolute Gasteiger partial charge is 0.343 e. The Morgan fingerprint density at radius 3 is 2.94 bits per heavy atom. The van der Waals surface area contributed by atoms with E-state index in [2.05, 4.69) is 25.3 Å². The van der Waals surface area contributed by atoms with Crippen molar-refractivity contribution in [2.24, 2.45) is 0 Å². The third kappa shape index (κ3) is 4.74. The van der Waals surface area contributed by atoms with E-state index >= 15 is 0 Å². The average Bonchev–Trinajstić information content (AvgIpc) is 2.70. The Morgan fingerprint density at radius 2 is 2.31 bits per heavy atom. The van der Waals surface area contributed by atoms with E-state index in [-0.39, 0.29) is 12.3 Å². The Hall–Kier alpha value is -1.63. The van der Waals surface area contributed by atoms with Gasteiger partial charge in [-0.3, -0.25) is 10.1 Å². The van der Waals surface area contributed by atoms with Crippen molar-refractivity contribution in [2.75, 3.05) is 12.4 Å². The second-order valence-corrected chi connectivity index (χ2v) is 3.22. The molecule has 1 rings (SSSR count). The fraction of sp³-hybridized carbons (Fsp3) is 0.500. The van der Waals surface area contributed by atoms with Crippen LogP contribution in [0.1, 0.15) is 12.2 Å². The van der Waals surface area contributed by atoms with Crippen molar-refractivity contribution in [3.05, 3.63) is 12.2 Å². The first-order valence-electron chi connectivity index (χ1n) is 4.61. The number of alkyl halides is 1. The number of carbonyl (C=O) groups is 2. The number of hydrogen-bond acceptors (Lipinski definition) is 5. The Labute approximate surface area is 96.5 Å². The molecule has 1 aromatic rings.